The number of pyridine rings is 1. The minimum Gasteiger partial charge on any atom is -0.492 e. The van der Waals surface area contributed by atoms with Crippen molar-refractivity contribution in [3.8, 4) is 5.75 Å². The molecular formula is C26H30N2O2. The molecule has 0 radical (unpaired) electrons. The second kappa shape index (κ2) is 11.3. The van der Waals surface area contributed by atoms with Crippen LogP contribution in [0, 0.1) is 0 Å². The van der Waals surface area contributed by atoms with Gasteiger partial charge in [0.05, 0.1) is 0 Å². The molecule has 0 unspecified atom stereocenters. The van der Waals surface area contributed by atoms with Crippen molar-refractivity contribution >= 4 is 11.1 Å². The predicted molar refractivity (Wildman–Crippen MR) is 123 cm³/mol. The van der Waals surface area contributed by atoms with Crippen molar-refractivity contribution in [1.82, 2.24) is 9.88 Å². The normalized spacial score (nSPS) is 12.0. The van der Waals surface area contributed by atoms with Crippen molar-refractivity contribution in [3.05, 3.63) is 95.8 Å². The molecule has 0 atom stereocenters. The van der Waals surface area contributed by atoms with Gasteiger partial charge in [-0.05, 0) is 67.4 Å². The lowest BCUT2D eigenvalue weighted by atomic mass is 9.88. The molecule has 3 aromatic rings. The SMILES string of the molecule is CN(C)CCOc1ccc(C(=C(CCCO)c2ccccc2)c2cccnc2)cc1. The maximum atomic E-state index is 9.49. The highest BCUT2D eigenvalue weighted by Gasteiger charge is 2.14. The summed E-state index contributed by atoms with van der Waals surface area (Å²) in [5.74, 6) is 0.864. The van der Waals surface area contributed by atoms with Gasteiger partial charge in [-0.2, -0.15) is 0 Å². The zero-order chi connectivity index (χ0) is 21.2. The smallest absolute Gasteiger partial charge is 0.119 e. The summed E-state index contributed by atoms with van der Waals surface area (Å²) in [5.41, 5.74) is 5.69. The van der Waals surface area contributed by atoms with Crippen LogP contribution < -0.4 is 4.74 Å². The van der Waals surface area contributed by atoms with Gasteiger partial charge in [-0.1, -0.05) is 48.5 Å². The Hall–Kier alpha value is -2.95. The summed E-state index contributed by atoms with van der Waals surface area (Å²) in [6, 6.07) is 22.7. The Labute approximate surface area is 179 Å². The molecule has 1 aromatic heterocycles. The van der Waals surface area contributed by atoms with Crippen LogP contribution in [0.5, 0.6) is 5.75 Å². The van der Waals surface area contributed by atoms with Crippen LogP contribution in [-0.2, 0) is 0 Å². The summed E-state index contributed by atoms with van der Waals surface area (Å²) in [4.78, 5) is 6.45. The average molecular weight is 403 g/mol. The van der Waals surface area contributed by atoms with E-state index in [0.717, 1.165) is 41.0 Å². The molecule has 4 nitrogen and oxygen atoms in total. The van der Waals surface area contributed by atoms with Crippen LogP contribution >= 0.6 is 0 Å². The lowest BCUT2D eigenvalue weighted by Gasteiger charge is -2.17. The lowest BCUT2D eigenvalue weighted by Crippen LogP contribution is -2.19. The number of aliphatic hydroxyl groups excluding tert-OH is 1. The van der Waals surface area contributed by atoms with E-state index in [1.807, 2.05) is 44.6 Å². The standard InChI is InChI=1S/C26H30N2O2/c1-28(2)17-19-30-24-14-12-22(13-15-24)26(23-10-6-16-27-20-23)25(11-7-18-29)21-8-4-3-5-9-21/h3-6,8-10,12-16,20,29H,7,11,17-19H2,1-2H3. The Morgan fingerprint density at radius 1 is 0.900 bits per heavy atom. The number of benzene rings is 2. The molecular weight excluding hydrogens is 372 g/mol. The number of rotatable bonds is 10. The number of hydrogen-bond acceptors (Lipinski definition) is 4. The summed E-state index contributed by atoms with van der Waals surface area (Å²) in [7, 11) is 4.07. The van der Waals surface area contributed by atoms with Crippen LogP contribution in [-0.4, -0.2) is 48.8 Å². The highest BCUT2D eigenvalue weighted by atomic mass is 16.5. The Bertz CT molecular complexity index is 920. The molecule has 0 amide bonds. The van der Waals surface area contributed by atoms with Gasteiger partial charge in [0.25, 0.3) is 0 Å². The van der Waals surface area contributed by atoms with Gasteiger partial charge in [0, 0.05) is 31.1 Å². The number of hydrogen-bond donors (Lipinski definition) is 1. The van der Waals surface area contributed by atoms with E-state index < -0.39 is 0 Å². The van der Waals surface area contributed by atoms with E-state index in [-0.39, 0.29) is 6.61 Å². The fourth-order valence-electron chi connectivity index (χ4n) is 3.40. The molecule has 0 fully saturated rings. The van der Waals surface area contributed by atoms with Gasteiger partial charge in [0.1, 0.15) is 12.4 Å². The Morgan fingerprint density at radius 3 is 2.27 bits per heavy atom. The molecule has 30 heavy (non-hydrogen) atoms. The van der Waals surface area contributed by atoms with Crippen molar-refractivity contribution in [3.63, 3.8) is 0 Å². The monoisotopic (exact) mass is 402 g/mol. The quantitative estimate of drug-likeness (QED) is 0.497. The zero-order valence-electron chi connectivity index (χ0n) is 17.8. The minimum atomic E-state index is 0.162. The summed E-state index contributed by atoms with van der Waals surface area (Å²) in [5, 5.41) is 9.49. The summed E-state index contributed by atoms with van der Waals surface area (Å²) >= 11 is 0. The molecule has 4 heteroatoms. The van der Waals surface area contributed by atoms with Gasteiger partial charge in [-0.25, -0.2) is 0 Å². The van der Waals surface area contributed by atoms with Crippen molar-refractivity contribution in [2.45, 2.75) is 12.8 Å². The van der Waals surface area contributed by atoms with Gasteiger partial charge in [-0.15, -0.1) is 0 Å². The first kappa shape index (κ1) is 21.8. The third-order valence-corrected chi connectivity index (χ3v) is 4.91. The van der Waals surface area contributed by atoms with E-state index in [2.05, 4.69) is 52.3 Å². The van der Waals surface area contributed by atoms with Crippen LogP contribution in [0.1, 0.15) is 29.5 Å². The van der Waals surface area contributed by atoms with Crippen LogP contribution in [0.3, 0.4) is 0 Å². The summed E-state index contributed by atoms with van der Waals surface area (Å²) in [6.07, 6.45) is 5.18. The number of allylic oxidation sites excluding steroid dienone is 1. The van der Waals surface area contributed by atoms with E-state index in [1.54, 1.807) is 6.20 Å². The second-order valence-electron chi connectivity index (χ2n) is 7.46. The first-order valence-electron chi connectivity index (χ1n) is 10.4. The lowest BCUT2D eigenvalue weighted by molar-refractivity contribution is 0.261. The van der Waals surface area contributed by atoms with Crippen molar-refractivity contribution in [2.75, 3.05) is 33.9 Å². The van der Waals surface area contributed by atoms with E-state index in [4.69, 9.17) is 4.74 Å². The predicted octanol–water partition coefficient (Wildman–Crippen LogP) is 4.75. The number of aliphatic hydroxyl groups is 1. The van der Waals surface area contributed by atoms with Crippen molar-refractivity contribution < 1.29 is 9.84 Å². The first-order valence-corrected chi connectivity index (χ1v) is 10.4. The molecule has 0 saturated carbocycles. The van der Waals surface area contributed by atoms with E-state index in [0.29, 0.717) is 13.0 Å². The molecule has 0 aliphatic heterocycles. The fourth-order valence-corrected chi connectivity index (χ4v) is 3.40. The summed E-state index contributed by atoms with van der Waals surface area (Å²) < 4.78 is 5.86. The second-order valence-corrected chi connectivity index (χ2v) is 7.46. The Balaban J connectivity index is 2.03. The van der Waals surface area contributed by atoms with E-state index >= 15 is 0 Å². The van der Waals surface area contributed by atoms with Gasteiger partial charge in [0.2, 0.25) is 0 Å². The Kier molecular flexibility index (Phi) is 8.19. The molecule has 2 aromatic carbocycles. The fraction of sp³-hybridized carbons (Fsp3) is 0.269. The van der Waals surface area contributed by atoms with Crippen molar-refractivity contribution in [2.24, 2.45) is 0 Å². The molecule has 156 valence electrons. The van der Waals surface area contributed by atoms with Gasteiger partial charge < -0.3 is 14.7 Å². The maximum Gasteiger partial charge on any atom is 0.119 e. The molecule has 0 bridgehead atoms. The number of nitrogens with zero attached hydrogens (tertiary/aromatic N) is 2. The molecule has 0 spiro atoms. The minimum absolute atomic E-state index is 0.162. The van der Waals surface area contributed by atoms with Crippen LogP contribution in [0.25, 0.3) is 11.1 Å². The molecule has 1 N–H and O–H groups in total. The van der Waals surface area contributed by atoms with Crippen LogP contribution in [0.2, 0.25) is 0 Å². The van der Waals surface area contributed by atoms with Gasteiger partial charge in [0.15, 0.2) is 0 Å². The highest BCUT2D eigenvalue weighted by Crippen LogP contribution is 2.35. The molecule has 0 aliphatic carbocycles. The Morgan fingerprint density at radius 2 is 1.63 bits per heavy atom. The molecule has 0 saturated heterocycles. The van der Waals surface area contributed by atoms with Crippen molar-refractivity contribution in [1.29, 1.82) is 0 Å². The van der Waals surface area contributed by atoms with Gasteiger partial charge in [-0.3, -0.25) is 4.98 Å². The zero-order valence-corrected chi connectivity index (χ0v) is 17.8. The molecule has 1 heterocycles. The van der Waals surface area contributed by atoms with E-state index in [9.17, 15) is 5.11 Å². The van der Waals surface area contributed by atoms with Gasteiger partial charge >= 0.3 is 0 Å². The van der Waals surface area contributed by atoms with Crippen LogP contribution in [0.15, 0.2) is 79.1 Å². The maximum absolute atomic E-state index is 9.49. The third-order valence-electron chi connectivity index (χ3n) is 4.91. The van der Waals surface area contributed by atoms with E-state index in [1.165, 1.54) is 5.57 Å². The highest BCUT2D eigenvalue weighted by molar-refractivity contribution is 5.98. The van der Waals surface area contributed by atoms with Crippen LogP contribution in [0.4, 0.5) is 0 Å². The molecule has 3 rings (SSSR count). The number of ether oxygens (including phenoxy) is 1. The topological polar surface area (TPSA) is 45.6 Å². The molecule has 0 aliphatic rings. The number of likely N-dealkylation sites (N-methyl/N-ethyl adjacent to an activating group) is 1. The third kappa shape index (κ3) is 6.02. The largest absolute Gasteiger partial charge is 0.492 e. The summed E-state index contributed by atoms with van der Waals surface area (Å²) in [6.45, 7) is 1.70. The number of aromatic nitrogens is 1. The average Bonchev–Trinajstić information content (AvgIpc) is 2.78. The first-order chi connectivity index (χ1) is 14.7.